The fourth-order valence-corrected chi connectivity index (χ4v) is 1.77. The van der Waals surface area contributed by atoms with Crippen LogP contribution in [0.3, 0.4) is 0 Å². The lowest BCUT2D eigenvalue weighted by molar-refractivity contribution is -0.145. The van der Waals surface area contributed by atoms with Gasteiger partial charge in [0.05, 0.1) is 13.2 Å². The number of hydrogen-bond donors (Lipinski definition) is 1. The maximum Gasteiger partial charge on any atom is 0.407 e. The molecule has 21 heavy (non-hydrogen) atoms. The van der Waals surface area contributed by atoms with Gasteiger partial charge in [0.1, 0.15) is 6.04 Å². The van der Waals surface area contributed by atoms with Crippen LogP contribution in [0.4, 0.5) is 4.79 Å². The van der Waals surface area contributed by atoms with Gasteiger partial charge in [-0.25, -0.2) is 9.59 Å². The standard InChI is InChI=1S/C16H31NO4/c1-4-6-8-9-10-11-13-20-15(18)14(3)17-16(19)21-12-7-5-2/h14H,4-13H2,1-3H3,(H,17,19). The lowest BCUT2D eigenvalue weighted by atomic mass is 10.1. The van der Waals surface area contributed by atoms with Gasteiger partial charge in [0.2, 0.25) is 0 Å². The van der Waals surface area contributed by atoms with E-state index in [1.54, 1.807) is 6.92 Å². The Kier molecular flexibility index (Phi) is 12.9. The molecule has 1 unspecified atom stereocenters. The van der Waals surface area contributed by atoms with Crippen molar-refractivity contribution in [3.05, 3.63) is 0 Å². The number of nitrogens with one attached hydrogen (secondary N) is 1. The molecule has 0 radical (unpaired) electrons. The Labute approximate surface area is 128 Å². The number of carbonyl (C=O) groups excluding carboxylic acids is 2. The van der Waals surface area contributed by atoms with Crippen molar-refractivity contribution >= 4 is 12.1 Å². The molecule has 0 aromatic heterocycles. The normalized spacial score (nSPS) is 11.8. The molecule has 1 atom stereocenters. The fourth-order valence-electron chi connectivity index (χ4n) is 1.77. The Morgan fingerprint density at radius 1 is 0.857 bits per heavy atom. The molecule has 0 aliphatic heterocycles. The van der Waals surface area contributed by atoms with E-state index in [2.05, 4.69) is 12.2 Å². The first kappa shape index (κ1) is 19.7. The minimum absolute atomic E-state index is 0.377. The summed E-state index contributed by atoms with van der Waals surface area (Å²) in [4.78, 5) is 23.0. The van der Waals surface area contributed by atoms with E-state index in [9.17, 15) is 9.59 Å². The molecule has 0 spiro atoms. The molecule has 0 rings (SSSR count). The third-order valence-electron chi connectivity index (χ3n) is 3.16. The number of ether oxygens (including phenoxy) is 2. The zero-order chi connectivity index (χ0) is 15.9. The molecule has 0 heterocycles. The van der Waals surface area contributed by atoms with Crippen LogP contribution in [0.5, 0.6) is 0 Å². The van der Waals surface area contributed by atoms with Gasteiger partial charge in [-0.3, -0.25) is 0 Å². The van der Waals surface area contributed by atoms with Gasteiger partial charge in [0.15, 0.2) is 0 Å². The lowest BCUT2D eigenvalue weighted by Crippen LogP contribution is -2.40. The van der Waals surface area contributed by atoms with Crippen molar-refractivity contribution in [1.82, 2.24) is 5.32 Å². The molecule has 0 bridgehead atoms. The SMILES string of the molecule is CCCCCCCCOC(=O)C(C)NC(=O)OCCCC. The van der Waals surface area contributed by atoms with Gasteiger partial charge in [-0.1, -0.05) is 52.4 Å². The van der Waals surface area contributed by atoms with Crippen molar-refractivity contribution < 1.29 is 19.1 Å². The van der Waals surface area contributed by atoms with E-state index in [1.807, 2.05) is 6.92 Å². The predicted octanol–water partition coefficient (Wildman–Crippen LogP) is 3.80. The van der Waals surface area contributed by atoms with E-state index in [0.29, 0.717) is 13.2 Å². The van der Waals surface area contributed by atoms with Crippen molar-refractivity contribution in [3.63, 3.8) is 0 Å². The Morgan fingerprint density at radius 2 is 1.43 bits per heavy atom. The van der Waals surface area contributed by atoms with E-state index in [-0.39, 0.29) is 0 Å². The Hall–Kier alpha value is -1.26. The minimum atomic E-state index is -0.667. The van der Waals surface area contributed by atoms with Crippen molar-refractivity contribution in [2.45, 2.75) is 78.2 Å². The summed E-state index contributed by atoms with van der Waals surface area (Å²) in [6, 6.07) is -0.667. The summed E-state index contributed by atoms with van der Waals surface area (Å²) < 4.78 is 10.1. The summed E-state index contributed by atoms with van der Waals surface area (Å²) in [5, 5.41) is 2.47. The van der Waals surface area contributed by atoms with Crippen LogP contribution in [0.15, 0.2) is 0 Å². The maximum atomic E-state index is 11.7. The van der Waals surface area contributed by atoms with Gasteiger partial charge in [-0.2, -0.15) is 0 Å². The molecule has 1 N–H and O–H groups in total. The number of alkyl carbamates (subject to hydrolysis) is 1. The quantitative estimate of drug-likeness (QED) is 0.440. The molecule has 0 aromatic rings. The second-order valence-corrected chi connectivity index (χ2v) is 5.29. The van der Waals surface area contributed by atoms with Crippen LogP contribution < -0.4 is 5.32 Å². The largest absolute Gasteiger partial charge is 0.464 e. The predicted molar refractivity (Wildman–Crippen MR) is 83.2 cm³/mol. The Morgan fingerprint density at radius 3 is 2.10 bits per heavy atom. The Balaban J connectivity index is 3.58. The average Bonchev–Trinajstić information content (AvgIpc) is 2.46. The van der Waals surface area contributed by atoms with Crippen LogP contribution in [0, 0.1) is 0 Å². The highest BCUT2D eigenvalue weighted by atomic mass is 16.6. The third-order valence-corrected chi connectivity index (χ3v) is 3.16. The molecule has 0 fully saturated rings. The van der Waals surface area contributed by atoms with Gasteiger partial charge in [-0.15, -0.1) is 0 Å². The van der Waals surface area contributed by atoms with Crippen LogP contribution in [-0.2, 0) is 14.3 Å². The molecule has 5 heteroatoms. The minimum Gasteiger partial charge on any atom is -0.464 e. The molecule has 0 aliphatic carbocycles. The fraction of sp³-hybridized carbons (Fsp3) is 0.875. The summed E-state index contributed by atoms with van der Waals surface area (Å²) in [6.45, 7) is 6.60. The highest BCUT2D eigenvalue weighted by Gasteiger charge is 2.17. The second kappa shape index (κ2) is 13.7. The smallest absolute Gasteiger partial charge is 0.407 e. The van der Waals surface area contributed by atoms with E-state index < -0.39 is 18.1 Å². The lowest BCUT2D eigenvalue weighted by Gasteiger charge is -2.13. The molecule has 1 amide bonds. The number of rotatable bonds is 12. The van der Waals surface area contributed by atoms with Crippen molar-refractivity contribution in [3.8, 4) is 0 Å². The molecular weight excluding hydrogens is 270 g/mol. The molecular formula is C16H31NO4. The highest BCUT2D eigenvalue weighted by Crippen LogP contribution is 2.05. The number of amides is 1. The number of carbonyl (C=O) groups is 2. The van der Waals surface area contributed by atoms with Gasteiger partial charge in [0, 0.05) is 0 Å². The summed E-state index contributed by atoms with van der Waals surface area (Å²) in [5.41, 5.74) is 0. The van der Waals surface area contributed by atoms with E-state index in [0.717, 1.165) is 25.7 Å². The van der Waals surface area contributed by atoms with Gasteiger partial charge >= 0.3 is 12.1 Å². The van der Waals surface area contributed by atoms with Crippen LogP contribution in [0.2, 0.25) is 0 Å². The van der Waals surface area contributed by atoms with Crippen LogP contribution in [0.1, 0.15) is 72.1 Å². The number of esters is 1. The van der Waals surface area contributed by atoms with Crippen LogP contribution in [-0.4, -0.2) is 31.3 Å². The molecule has 0 saturated carbocycles. The second-order valence-electron chi connectivity index (χ2n) is 5.29. The van der Waals surface area contributed by atoms with Gasteiger partial charge in [-0.05, 0) is 19.8 Å². The summed E-state index contributed by atoms with van der Waals surface area (Å²) in [5.74, 6) is -0.406. The first-order valence-electron chi connectivity index (χ1n) is 8.21. The van der Waals surface area contributed by atoms with Crippen LogP contribution >= 0.6 is 0 Å². The summed E-state index contributed by atoms with van der Waals surface area (Å²) in [6.07, 6.45) is 8.10. The first-order valence-corrected chi connectivity index (χ1v) is 8.21. The van der Waals surface area contributed by atoms with E-state index in [4.69, 9.17) is 9.47 Å². The molecule has 0 aromatic carbocycles. The average molecular weight is 301 g/mol. The van der Waals surface area contributed by atoms with Crippen molar-refractivity contribution in [1.29, 1.82) is 0 Å². The number of hydrogen-bond acceptors (Lipinski definition) is 4. The molecule has 5 nitrogen and oxygen atoms in total. The Bertz CT molecular complexity index is 281. The first-order chi connectivity index (χ1) is 10.1. The molecule has 0 saturated heterocycles. The van der Waals surface area contributed by atoms with Crippen molar-refractivity contribution in [2.24, 2.45) is 0 Å². The summed E-state index contributed by atoms with van der Waals surface area (Å²) >= 11 is 0. The summed E-state index contributed by atoms with van der Waals surface area (Å²) in [7, 11) is 0. The monoisotopic (exact) mass is 301 g/mol. The van der Waals surface area contributed by atoms with Crippen LogP contribution in [0.25, 0.3) is 0 Å². The molecule has 124 valence electrons. The van der Waals surface area contributed by atoms with E-state index >= 15 is 0 Å². The van der Waals surface area contributed by atoms with E-state index in [1.165, 1.54) is 25.7 Å². The van der Waals surface area contributed by atoms with Crippen molar-refractivity contribution in [2.75, 3.05) is 13.2 Å². The van der Waals surface area contributed by atoms with Gasteiger partial charge < -0.3 is 14.8 Å². The zero-order valence-electron chi connectivity index (χ0n) is 13.8. The molecule has 0 aliphatic rings. The van der Waals surface area contributed by atoms with Gasteiger partial charge in [0.25, 0.3) is 0 Å². The topological polar surface area (TPSA) is 64.6 Å². The third kappa shape index (κ3) is 12.2. The highest BCUT2D eigenvalue weighted by molar-refractivity contribution is 5.80. The zero-order valence-corrected chi connectivity index (χ0v) is 13.8. The number of unbranched alkanes of at least 4 members (excludes halogenated alkanes) is 6. The maximum absolute atomic E-state index is 11.7.